The highest BCUT2D eigenvalue weighted by atomic mass is 32.2. The largest absolute Gasteiger partial charge is 0.354 e. The van der Waals surface area contributed by atoms with Gasteiger partial charge in [0.2, 0.25) is 21.8 Å². The van der Waals surface area contributed by atoms with Crippen molar-refractivity contribution in [1.82, 2.24) is 20.0 Å². The van der Waals surface area contributed by atoms with E-state index in [2.05, 4.69) is 10.0 Å². The van der Waals surface area contributed by atoms with Crippen LogP contribution in [0, 0.1) is 11.8 Å². The van der Waals surface area contributed by atoms with E-state index in [1.54, 1.807) is 29.2 Å². The number of likely N-dealkylation sites (tertiary alicyclic amines) is 1. The molecular weight excluding hydrogens is 492 g/mol. The summed E-state index contributed by atoms with van der Waals surface area (Å²) in [5.41, 5.74) is 0.671. The number of carbonyl (C=O) groups excluding carboxylic acids is 2. The SMILES string of the molecule is O=C(NCC1CCN(O)CC1)[C@@H]1CCCN1C(=O)[C@@H](CC1CCCCC1)NS(=O)(=O)Cc1ccccc1. The van der Waals surface area contributed by atoms with Gasteiger partial charge in [0.15, 0.2) is 0 Å². The molecule has 4 rings (SSSR count). The van der Waals surface area contributed by atoms with Gasteiger partial charge in [-0.15, -0.1) is 0 Å². The van der Waals surface area contributed by atoms with Crippen molar-refractivity contribution < 1.29 is 23.2 Å². The Morgan fingerprint density at radius 2 is 1.62 bits per heavy atom. The summed E-state index contributed by atoms with van der Waals surface area (Å²) < 4.78 is 28.9. The molecule has 1 aromatic carbocycles. The van der Waals surface area contributed by atoms with Gasteiger partial charge in [-0.05, 0) is 49.5 Å². The lowest BCUT2D eigenvalue weighted by atomic mass is 9.84. The quantitative estimate of drug-likeness (QED) is 0.425. The smallest absolute Gasteiger partial charge is 0.242 e. The molecule has 10 heteroatoms. The van der Waals surface area contributed by atoms with Crippen LogP contribution in [0.5, 0.6) is 0 Å². The number of hydroxylamine groups is 2. The molecule has 0 spiro atoms. The highest BCUT2D eigenvalue weighted by Gasteiger charge is 2.39. The van der Waals surface area contributed by atoms with E-state index < -0.39 is 22.1 Å². The van der Waals surface area contributed by atoms with Crippen LogP contribution in [-0.2, 0) is 25.4 Å². The van der Waals surface area contributed by atoms with E-state index in [9.17, 15) is 23.2 Å². The summed E-state index contributed by atoms with van der Waals surface area (Å²) in [5, 5.41) is 13.9. The summed E-state index contributed by atoms with van der Waals surface area (Å²) in [7, 11) is -3.75. The minimum Gasteiger partial charge on any atom is -0.354 e. The monoisotopic (exact) mass is 534 g/mol. The third-order valence-electron chi connectivity index (χ3n) is 8.11. The first-order valence-electron chi connectivity index (χ1n) is 13.9. The Hall–Kier alpha value is -2.01. The van der Waals surface area contributed by atoms with Crippen molar-refractivity contribution in [3.05, 3.63) is 35.9 Å². The Balaban J connectivity index is 1.42. The second-order valence-corrected chi connectivity index (χ2v) is 12.7. The molecule has 1 aromatic rings. The van der Waals surface area contributed by atoms with E-state index in [4.69, 9.17) is 0 Å². The predicted octanol–water partition coefficient (Wildman–Crippen LogP) is 2.65. The molecule has 1 saturated carbocycles. The zero-order valence-corrected chi connectivity index (χ0v) is 22.5. The van der Waals surface area contributed by atoms with Crippen LogP contribution in [0.25, 0.3) is 0 Å². The van der Waals surface area contributed by atoms with Gasteiger partial charge < -0.3 is 15.4 Å². The first-order chi connectivity index (χ1) is 17.8. The maximum atomic E-state index is 13.8. The summed E-state index contributed by atoms with van der Waals surface area (Å²) in [6, 6.07) is 7.54. The lowest BCUT2D eigenvalue weighted by molar-refractivity contribution is -0.140. The van der Waals surface area contributed by atoms with Gasteiger partial charge in [0, 0.05) is 26.2 Å². The lowest BCUT2D eigenvalue weighted by Crippen LogP contribution is -2.54. The fraction of sp³-hybridized carbons (Fsp3) is 0.704. The highest BCUT2D eigenvalue weighted by Crippen LogP contribution is 2.29. The maximum absolute atomic E-state index is 13.8. The van der Waals surface area contributed by atoms with Crippen molar-refractivity contribution in [3.8, 4) is 0 Å². The third kappa shape index (κ3) is 8.24. The average Bonchev–Trinajstić information content (AvgIpc) is 3.38. The standard InChI is InChI=1S/C27H42N4O5S/c32-26(28-19-22-13-16-30(34)17-14-22)25-12-7-15-31(25)27(33)24(18-21-8-3-1-4-9-21)29-37(35,36)20-23-10-5-2-6-11-23/h2,5-6,10-11,21-22,24-25,29,34H,1,3-4,7-9,12-20H2,(H,28,32)/t24-,25+/m1/s1. The van der Waals surface area contributed by atoms with Crippen molar-refractivity contribution >= 4 is 21.8 Å². The van der Waals surface area contributed by atoms with Crippen molar-refractivity contribution in [2.24, 2.45) is 11.8 Å². The fourth-order valence-corrected chi connectivity index (χ4v) is 7.34. The number of amides is 2. The molecule has 3 fully saturated rings. The van der Waals surface area contributed by atoms with Gasteiger partial charge in [-0.2, -0.15) is 5.06 Å². The van der Waals surface area contributed by atoms with E-state index in [1.165, 1.54) is 11.5 Å². The van der Waals surface area contributed by atoms with Crippen molar-refractivity contribution in [1.29, 1.82) is 0 Å². The van der Waals surface area contributed by atoms with Crippen LogP contribution in [-0.4, -0.2) is 73.7 Å². The minimum absolute atomic E-state index is 0.166. The Kier molecular flexibility index (Phi) is 9.97. The normalized spacial score (nSPS) is 23.2. The molecule has 0 radical (unpaired) electrons. The third-order valence-corrected chi connectivity index (χ3v) is 9.46. The van der Waals surface area contributed by atoms with E-state index in [1.807, 2.05) is 6.07 Å². The summed E-state index contributed by atoms with van der Waals surface area (Å²) >= 11 is 0. The number of nitrogens with zero attached hydrogens (tertiary/aromatic N) is 2. The Morgan fingerprint density at radius 3 is 2.32 bits per heavy atom. The van der Waals surface area contributed by atoms with Crippen molar-refractivity contribution in [2.45, 2.75) is 82.0 Å². The number of piperidine rings is 1. The molecule has 2 saturated heterocycles. The lowest BCUT2D eigenvalue weighted by Gasteiger charge is -2.32. The number of carbonyl (C=O) groups is 2. The van der Waals surface area contributed by atoms with Crippen LogP contribution in [0.15, 0.2) is 30.3 Å². The number of hydrogen-bond donors (Lipinski definition) is 3. The van der Waals surface area contributed by atoms with E-state index in [-0.39, 0.29) is 17.6 Å². The van der Waals surface area contributed by atoms with Gasteiger partial charge in [-0.25, -0.2) is 13.1 Å². The molecule has 37 heavy (non-hydrogen) atoms. The number of benzene rings is 1. The Labute approximate surface area is 221 Å². The maximum Gasteiger partial charge on any atom is 0.242 e. The molecule has 2 atom stereocenters. The van der Waals surface area contributed by atoms with Gasteiger partial charge in [0.05, 0.1) is 5.75 Å². The van der Waals surface area contributed by atoms with E-state index in [0.29, 0.717) is 56.4 Å². The Bertz CT molecular complexity index is 991. The van der Waals surface area contributed by atoms with Gasteiger partial charge in [-0.3, -0.25) is 9.59 Å². The first-order valence-corrected chi connectivity index (χ1v) is 15.5. The molecule has 9 nitrogen and oxygen atoms in total. The number of nitrogens with one attached hydrogen (secondary N) is 2. The first kappa shape index (κ1) is 28.0. The highest BCUT2D eigenvalue weighted by molar-refractivity contribution is 7.88. The number of hydrogen-bond acceptors (Lipinski definition) is 6. The molecule has 1 aliphatic carbocycles. The molecule has 2 heterocycles. The summed E-state index contributed by atoms with van der Waals surface area (Å²) in [5.74, 6) is -0.0239. The molecule has 2 amide bonds. The van der Waals surface area contributed by atoms with Gasteiger partial charge in [0.1, 0.15) is 12.1 Å². The summed E-state index contributed by atoms with van der Waals surface area (Å²) in [6.45, 7) is 2.18. The molecule has 0 aromatic heterocycles. The topological polar surface area (TPSA) is 119 Å². The molecule has 0 unspecified atom stereocenters. The minimum atomic E-state index is -3.75. The van der Waals surface area contributed by atoms with Crippen molar-refractivity contribution in [2.75, 3.05) is 26.2 Å². The zero-order chi connectivity index (χ0) is 26.3. The van der Waals surface area contributed by atoms with Crippen LogP contribution < -0.4 is 10.0 Å². The van der Waals surface area contributed by atoms with E-state index in [0.717, 1.165) is 44.9 Å². The molecule has 3 aliphatic rings. The molecule has 206 valence electrons. The summed E-state index contributed by atoms with van der Waals surface area (Å²) in [6.07, 6.45) is 8.80. The predicted molar refractivity (Wildman–Crippen MR) is 141 cm³/mol. The zero-order valence-electron chi connectivity index (χ0n) is 21.7. The number of sulfonamides is 1. The van der Waals surface area contributed by atoms with Crippen LogP contribution >= 0.6 is 0 Å². The van der Waals surface area contributed by atoms with Crippen LogP contribution in [0.3, 0.4) is 0 Å². The van der Waals surface area contributed by atoms with E-state index >= 15 is 0 Å². The second kappa shape index (κ2) is 13.2. The molecule has 0 bridgehead atoms. The van der Waals surface area contributed by atoms with Gasteiger partial charge in [0.25, 0.3) is 0 Å². The van der Waals surface area contributed by atoms with Crippen LogP contribution in [0.2, 0.25) is 0 Å². The van der Waals surface area contributed by atoms with Gasteiger partial charge >= 0.3 is 0 Å². The molecule has 3 N–H and O–H groups in total. The average molecular weight is 535 g/mol. The summed E-state index contributed by atoms with van der Waals surface area (Å²) in [4.78, 5) is 28.5. The van der Waals surface area contributed by atoms with Crippen LogP contribution in [0.4, 0.5) is 0 Å². The Morgan fingerprint density at radius 1 is 0.919 bits per heavy atom. The fourth-order valence-electron chi connectivity index (χ4n) is 6.00. The number of rotatable bonds is 10. The van der Waals surface area contributed by atoms with Crippen LogP contribution in [0.1, 0.15) is 69.8 Å². The second-order valence-electron chi connectivity index (χ2n) is 11.0. The van der Waals surface area contributed by atoms with Gasteiger partial charge in [-0.1, -0.05) is 62.4 Å². The molecular formula is C27H42N4O5S. The molecule has 2 aliphatic heterocycles. The van der Waals surface area contributed by atoms with Crippen molar-refractivity contribution in [3.63, 3.8) is 0 Å².